The van der Waals surface area contributed by atoms with Crippen molar-refractivity contribution in [2.45, 2.75) is 46.1 Å². The Bertz CT molecular complexity index is 918. The van der Waals surface area contributed by atoms with Gasteiger partial charge >= 0.3 is 5.97 Å². The number of esters is 1. The van der Waals surface area contributed by atoms with E-state index in [-0.39, 0.29) is 18.0 Å². The number of carbonyl (C=O) groups is 2. The SMILES string of the molecule is COc1ccc(C(=O)Nc2sc3c(c2C(=O)OC(C)C)CC[C@@H](C)C3)cc1OC. The summed E-state index contributed by atoms with van der Waals surface area (Å²) in [5.41, 5.74) is 1.94. The maximum Gasteiger partial charge on any atom is 0.341 e. The van der Waals surface area contributed by atoms with Crippen molar-refractivity contribution < 1.29 is 23.8 Å². The summed E-state index contributed by atoms with van der Waals surface area (Å²) in [6.07, 6.45) is 2.53. The number of hydrogen-bond donors (Lipinski definition) is 1. The first-order valence-electron chi connectivity index (χ1n) is 9.72. The fraction of sp³-hybridized carbons (Fsp3) is 0.455. The zero-order valence-corrected chi connectivity index (χ0v) is 18.3. The Labute approximate surface area is 175 Å². The van der Waals surface area contributed by atoms with Gasteiger partial charge in [-0.3, -0.25) is 4.79 Å². The smallest absolute Gasteiger partial charge is 0.341 e. The molecule has 0 aliphatic heterocycles. The van der Waals surface area contributed by atoms with Crippen LogP contribution in [0.15, 0.2) is 18.2 Å². The Morgan fingerprint density at radius 2 is 1.90 bits per heavy atom. The maximum atomic E-state index is 12.9. The molecule has 29 heavy (non-hydrogen) atoms. The van der Waals surface area contributed by atoms with E-state index in [9.17, 15) is 9.59 Å². The standard InChI is InChI=1S/C22H27NO5S/c1-12(2)28-22(25)19-15-8-6-13(3)10-18(15)29-21(19)23-20(24)14-7-9-16(26-4)17(11-14)27-5/h7,9,11-13H,6,8,10H2,1-5H3,(H,23,24)/t13-/m1/s1. The normalized spacial score (nSPS) is 15.6. The van der Waals surface area contributed by atoms with Crippen molar-refractivity contribution in [3.63, 3.8) is 0 Å². The van der Waals surface area contributed by atoms with E-state index in [0.717, 1.165) is 29.7 Å². The predicted octanol–water partition coefficient (Wildman–Crippen LogP) is 4.71. The Hall–Kier alpha value is -2.54. The predicted molar refractivity (Wildman–Crippen MR) is 114 cm³/mol. The molecule has 1 heterocycles. The molecule has 1 N–H and O–H groups in total. The van der Waals surface area contributed by atoms with Crippen LogP contribution in [0.3, 0.4) is 0 Å². The molecule has 0 unspecified atom stereocenters. The number of ether oxygens (including phenoxy) is 3. The van der Waals surface area contributed by atoms with Crippen molar-refractivity contribution >= 4 is 28.2 Å². The van der Waals surface area contributed by atoms with Crippen molar-refractivity contribution in [3.05, 3.63) is 39.8 Å². The van der Waals surface area contributed by atoms with Crippen LogP contribution in [0.25, 0.3) is 0 Å². The van der Waals surface area contributed by atoms with Crippen LogP contribution in [-0.2, 0) is 17.6 Å². The van der Waals surface area contributed by atoms with Crippen LogP contribution in [0.2, 0.25) is 0 Å². The fourth-order valence-electron chi connectivity index (χ4n) is 3.48. The summed E-state index contributed by atoms with van der Waals surface area (Å²) in [5, 5.41) is 3.47. The Kier molecular flexibility index (Phi) is 6.47. The molecule has 1 aromatic carbocycles. The highest BCUT2D eigenvalue weighted by Gasteiger charge is 2.30. The molecular formula is C22H27NO5S. The zero-order chi connectivity index (χ0) is 21.1. The summed E-state index contributed by atoms with van der Waals surface area (Å²) in [5.74, 6) is 0.889. The second kappa shape index (κ2) is 8.86. The van der Waals surface area contributed by atoms with Gasteiger partial charge in [-0.15, -0.1) is 11.3 Å². The van der Waals surface area contributed by atoms with Crippen LogP contribution in [-0.4, -0.2) is 32.2 Å². The molecule has 0 saturated heterocycles. The number of benzene rings is 1. The highest BCUT2D eigenvalue weighted by molar-refractivity contribution is 7.17. The number of methoxy groups -OCH3 is 2. The molecule has 7 heteroatoms. The topological polar surface area (TPSA) is 73.9 Å². The van der Waals surface area contributed by atoms with Gasteiger partial charge in [0.1, 0.15) is 5.00 Å². The second-order valence-electron chi connectivity index (χ2n) is 7.53. The van der Waals surface area contributed by atoms with Gasteiger partial charge in [-0.2, -0.15) is 0 Å². The molecule has 1 aliphatic rings. The molecule has 0 fully saturated rings. The highest BCUT2D eigenvalue weighted by atomic mass is 32.1. The summed E-state index contributed by atoms with van der Waals surface area (Å²) in [6, 6.07) is 4.97. The lowest BCUT2D eigenvalue weighted by molar-refractivity contribution is 0.0378. The fourth-order valence-corrected chi connectivity index (χ4v) is 4.87. The minimum atomic E-state index is -0.380. The lowest BCUT2D eigenvalue weighted by Crippen LogP contribution is -2.18. The molecule has 1 aromatic heterocycles. The van der Waals surface area contributed by atoms with Gasteiger partial charge in [0.15, 0.2) is 11.5 Å². The lowest BCUT2D eigenvalue weighted by Gasteiger charge is -2.19. The van der Waals surface area contributed by atoms with Gasteiger partial charge in [-0.25, -0.2) is 4.79 Å². The lowest BCUT2D eigenvalue weighted by atomic mass is 9.88. The average Bonchev–Trinajstić information content (AvgIpc) is 3.03. The molecule has 0 saturated carbocycles. The summed E-state index contributed by atoms with van der Waals surface area (Å²) in [4.78, 5) is 26.8. The summed E-state index contributed by atoms with van der Waals surface area (Å²) >= 11 is 1.47. The number of nitrogens with one attached hydrogen (secondary N) is 1. The van der Waals surface area contributed by atoms with E-state index in [4.69, 9.17) is 14.2 Å². The van der Waals surface area contributed by atoms with Gasteiger partial charge in [0.05, 0.1) is 25.9 Å². The zero-order valence-electron chi connectivity index (χ0n) is 17.5. The number of anilines is 1. The Morgan fingerprint density at radius 1 is 1.17 bits per heavy atom. The Balaban J connectivity index is 1.94. The maximum absolute atomic E-state index is 12.9. The minimum absolute atomic E-state index is 0.227. The van der Waals surface area contributed by atoms with Crippen LogP contribution >= 0.6 is 11.3 Å². The summed E-state index contributed by atoms with van der Waals surface area (Å²) in [6.45, 7) is 5.85. The highest BCUT2D eigenvalue weighted by Crippen LogP contribution is 2.40. The number of carbonyl (C=O) groups excluding carboxylic acids is 2. The largest absolute Gasteiger partial charge is 0.493 e. The first-order valence-corrected chi connectivity index (χ1v) is 10.5. The van der Waals surface area contributed by atoms with Crippen molar-refractivity contribution in [2.75, 3.05) is 19.5 Å². The Morgan fingerprint density at radius 3 is 2.55 bits per heavy atom. The van der Waals surface area contributed by atoms with Gasteiger partial charge in [0, 0.05) is 10.4 Å². The first-order chi connectivity index (χ1) is 13.8. The van der Waals surface area contributed by atoms with Crippen molar-refractivity contribution in [1.82, 2.24) is 0 Å². The molecule has 3 rings (SSSR count). The third-order valence-corrected chi connectivity index (χ3v) is 6.10. The average molecular weight is 418 g/mol. The molecule has 6 nitrogen and oxygen atoms in total. The van der Waals surface area contributed by atoms with E-state index in [1.165, 1.54) is 18.4 Å². The molecule has 1 amide bonds. The van der Waals surface area contributed by atoms with Gasteiger partial charge in [-0.1, -0.05) is 6.92 Å². The van der Waals surface area contributed by atoms with Crippen LogP contribution in [0, 0.1) is 5.92 Å². The van der Waals surface area contributed by atoms with Crippen molar-refractivity contribution in [1.29, 1.82) is 0 Å². The van der Waals surface area contributed by atoms with Gasteiger partial charge in [-0.05, 0) is 62.8 Å². The second-order valence-corrected chi connectivity index (χ2v) is 8.64. The molecule has 1 atom stereocenters. The van der Waals surface area contributed by atoms with Crippen molar-refractivity contribution in [2.24, 2.45) is 5.92 Å². The monoisotopic (exact) mass is 417 g/mol. The molecular weight excluding hydrogens is 390 g/mol. The number of rotatable bonds is 6. The van der Waals surface area contributed by atoms with E-state index in [1.54, 1.807) is 25.3 Å². The van der Waals surface area contributed by atoms with Crippen LogP contribution < -0.4 is 14.8 Å². The van der Waals surface area contributed by atoms with E-state index in [0.29, 0.717) is 33.5 Å². The van der Waals surface area contributed by atoms with E-state index in [2.05, 4.69) is 12.2 Å². The van der Waals surface area contributed by atoms with Crippen LogP contribution in [0.1, 0.15) is 58.3 Å². The molecule has 0 radical (unpaired) electrons. The molecule has 0 spiro atoms. The molecule has 156 valence electrons. The minimum Gasteiger partial charge on any atom is -0.493 e. The number of amides is 1. The third kappa shape index (κ3) is 4.56. The number of fused-ring (bicyclic) bond motifs is 1. The van der Waals surface area contributed by atoms with E-state index < -0.39 is 0 Å². The van der Waals surface area contributed by atoms with E-state index in [1.807, 2.05) is 13.8 Å². The van der Waals surface area contributed by atoms with Crippen molar-refractivity contribution in [3.8, 4) is 11.5 Å². The van der Waals surface area contributed by atoms with Crippen LogP contribution in [0.4, 0.5) is 5.00 Å². The number of thiophene rings is 1. The van der Waals surface area contributed by atoms with Gasteiger partial charge < -0.3 is 19.5 Å². The quantitative estimate of drug-likeness (QED) is 0.689. The molecule has 1 aliphatic carbocycles. The summed E-state index contributed by atoms with van der Waals surface area (Å²) < 4.78 is 16.0. The number of hydrogen-bond acceptors (Lipinski definition) is 6. The van der Waals surface area contributed by atoms with Gasteiger partial charge in [0.2, 0.25) is 0 Å². The van der Waals surface area contributed by atoms with Gasteiger partial charge in [0.25, 0.3) is 5.91 Å². The summed E-state index contributed by atoms with van der Waals surface area (Å²) in [7, 11) is 3.06. The van der Waals surface area contributed by atoms with Crippen LogP contribution in [0.5, 0.6) is 11.5 Å². The first kappa shape index (κ1) is 21.2. The molecule has 2 aromatic rings. The molecule has 0 bridgehead atoms. The van der Waals surface area contributed by atoms with E-state index >= 15 is 0 Å². The third-order valence-electron chi connectivity index (χ3n) is 4.93.